The SMILES string of the molecule is CCCc1cc(C(=O)O)cc(Oc2ccccc2CC)n1. The molecule has 0 fully saturated rings. The molecule has 4 heteroatoms. The van der Waals surface area contributed by atoms with Gasteiger partial charge < -0.3 is 9.84 Å². The predicted octanol–water partition coefficient (Wildman–Crippen LogP) is 4.09. The summed E-state index contributed by atoms with van der Waals surface area (Å²) in [5.41, 5.74) is 2.01. The molecule has 0 saturated heterocycles. The summed E-state index contributed by atoms with van der Waals surface area (Å²) in [6.07, 6.45) is 2.48. The summed E-state index contributed by atoms with van der Waals surface area (Å²) >= 11 is 0. The van der Waals surface area contributed by atoms with Gasteiger partial charge in [0.25, 0.3) is 0 Å². The molecule has 21 heavy (non-hydrogen) atoms. The molecule has 0 spiro atoms. The van der Waals surface area contributed by atoms with Crippen molar-refractivity contribution in [2.24, 2.45) is 0 Å². The number of carboxylic acids is 1. The maximum absolute atomic E-state index is 11.2. The first kappa shape index (κ1) is 15.0. The highest BCUT2D eigenvalue weighted by molar-refractivity contribution is 5.88. The summed E-state index contributed by atoms with van der Waals surface area (Å²) in [6.45, 7) is 4.08. The normalized spacial score (nSPS) is 10.4. The van der Waals surface area contributed by atoms with E-state index in [4.69, 9.17) is 4.74 Å². The molecule has 1 heterocycles. The van der Waals surface area contributed by atoms with Crippen LogP contribution in [0.25, 0.3) is 0 Å². The van der Waals surface area contributed by atoms with Gasteiger partial charge in [-0.25, -0.2) is 9.78 Å². The topological polar surface area (TPSA) is 59.4 Å². The third-order valence-electron chi connectivity index (χ3n) is 3.18. The Kier molecular flexibility index (Phi) is 4.93. The van der Waals surface area contributed by atoms with Crippen molar-refractivity contribution in [2.75, 3.05) is 0 Å². The van der Waals surface area contributed by atoms with Gasteiger partial charge in [0.2, 0.25) is 5.88 Å². The van der Waals surface area contributed by atoms with Crippen LogP contribution in [0.2, 0.25) is 0 Å². The van der Waals surface area contributed by atoms with E-state index in [0.717, 1.165) is 36.3 Å². The molecule has 2 aromatic rings. The average molecular weight is 285 g/mol. The lowest BCUT2D eigenvalue weighted by Crippen LogP contribution is -2.02. The standard InChI is InChI=1S/C17H19NO3/c1-3-7-14-10-13(17(19)20)11-16(18-14)21-15-9-6-5-8-12(15)4-2/h5-6,8-11H,3-4,7H2,1-2H3,(H,19,20). The molecule has 2 rings (SSSR count). The minimum Gasteiger partial charge on any atom is -0.478 e. The van der Waals surface area contributed by atoms with Gasteiger partial charge in [0, 0.05) is 11.8 Å². The molecule has 1 N–H and O–H groups in total. The minimum atomic E-state index is -0.969. The second kappa shape index (κ2) is 6.88. The van der Waals surface area contributed by atoms with Crippen LogP contribution in [0.15, 0.2) is 36.4 Å². The monoisotopic (exact) mass is 285 g/mol. The van der Waals surface area contributed by atoms with Gasteiger partial charge in [0.15, 0.2) is 0 Å². The van der Waals surface area contributed by atoms with Crippen molar-refractivity contribution in [3.8, 4) is 11.6 Å². The number of carbonyl (C=O) groups is 1. The van der Waals surface area contributed by atoms with Crippen LogP contribution < -0.4 is 4.74 Å². The maximum atomic E-state index is 11.2. The molecule has 110 valence electrons. The van der Waals surface area contributed by atoms with Gasteiger partial charge >= 0.3 is 5.97 Å². The Balaban J connectivity index is 2.36. The Morgan fingerprint density at radius 3 is 2.67 bits per heavy atom. The molecule has 1 aromatic heterocycles. The Morgan fingerprint density at radius 1 is 1.24 bits per heavy atom. The van der Waals surface area contributed by atoms with Crippen molar-refractivity contribution in [3.05, 3.63) is 53.2 Å². The fourth-order valence-corrected chi connectivity index (χ4v) is 2.13. The van der Waals surface area contributed by atoms with E-state index in [0.29, 0.717) is 5.88 Å². The van der Waals surface area contributed by atoms with E-state index in [9.17, 15) is 9.90 Å². The summed E-state index contributed by atoms with van der Waals surface area (Å²) in [5, 5.41) is 9.19. The Labute approximate surface area is 124 Å². The number of hydrogen-bond donors (Lipinski definition) is 1. The number of aryl methyl sites for hydroxylation is 2. The van der Waals surface area contributed by atoms with Crippen molar-refractivity contribution >= 4 is 5.97 Å². The number of hydrogen-bond acceptors (Lipinski definition) is 3. The second-order valence-electron chi connectivity index (χ2n) is 4.80. The lowest BCUT2D eigenvalue weighted by Gasteiger charge is -2.11. The highest BCUT2D eigenvalue weighted by atomic mass is 16.5. The predicted molar refractivity (Wildman–Crippen MR) is 81.1 cm³/mol. The fourth-order valence-electron chi connectivity index (χ4n) is 2.13. The van der Waals surface area contributed by atoms with Gasteiger partial charge in [-0.2, -0.15) is 0 Å². The largest absolute Gasteiger partial charge is 0.478 e. The van der Waals surface area contributed by atoms with Gasteiger partial charge in [-0.15, -0.1) is 0 Å². The number of rotatable bonds is 6. The van der Waals surface area contributed by atoms with Gasteiger partial charge in [-0.3, -0.25) is 0 Å². The van der Waals surface area contributed by atoms with Crippen LogP contribution in [0.3, 0.4) is 0 Å². The van der Waals surface area contributed by atoms with Gasteiger partial charge in [0.05, 0.1) is 5.56 Å². The smallest absolute Gasteiger partial charge is 0.335 e. The van der Waals surface area contributed by atoms with E-state index in [-0.39, 0.29) is 5.56 Å². The zero-order valence-corrected chi connectivity index (χ0v) is 12.3. The quantitative estimate of drug-likeness (QED) is 0.868. The third-order valence-corrected chi connectivity index (χ3v) is 3.18. The number of aromatic nitrogens is 1. The number of ether oxygens (including phenoxy) is 1. The van der Waals surface area contributed by atoms with Crippen LogP contribution in [-0.2, 0) is 12.8 Å². The van der Waals surface area contributed by atoms with E-state index in [1.54, 1.807) is 6.07 Å². The third kappa shape index (κ3) is 3.81. The number of aromatic carboxylic acids is 1. The number of pyridine rings is 1. The van der Waals surface area contributed by atoms with Crippen molar-refractivity contribution in [1.82, 2.24) is 4.98 Å². The molecule has 0 bridgehead atoms. The van der Waals surface area contributed by atoms with Crippen molar-refractivity contribution in [1.29, 1.82) is 0 Å². The van der Waals surface area contributed by atoms with Crippen LogP contribution in [0, 0.1) is 0 Å². The second-order valence-corrected chi connectivity index (χ2v) is 4.80. The Bertz CT molecular complexity index is 638. The molecule has 0 aliphatic heterocycles. The average Bonchev–Trinajstić information content (AvgIpc) is 2.48. The fraction of sp³-hybridized carbons (Fsp3) is 0.294. The highest BCUT2D eigenvalue weighted by Gasteiger charge is 2.11. The summed E-state index contributed by atoms with van der Waals surface area (Å²) < 4.78 is 5.80. The molecular formula is C17H19NO3. The van der Waals surface area contributed by atoms with Crippen molar-refractivity contribution < 1.29 is 14.6 Å². The summed E-state index contributed by atoms with van der Waals surface area (Å²) in [5.74, 6) is 0.0834. The van der Waals surface area contributed by atoms with E-state index in [2.05, 4.69) is 4.98 Å². The van der Waals surface area contributed by atoms with Crippen molar-refractivity contribution in [2.45, 2.75) is 33.1 Å². The number of benzene rings is 1. The first-order chi connectivity index (χ1) is 10.1. The Morgan fingerprint density at radius 2 is 2.00 bits per heavy atom. The highest BCUT2D eigenvalue weighted by Crippen LogP contribution is 2.25. The van der Waals surface area contributed by atoms with E-state index >= 15 is 0 Å². The van der Waals surface area contributed by atoms with Crippen LogP contribution >= 0.6 is 0 Å². The van der Waals surface area contributed by atoms with E-state index < -0.39 is 5.97 Å². The first-order valence-corrected chi connectivity index (χ1v) is 7.14. The zero-order valence-electron chi connectivity index (χ0n) is 12.3. The number of carboxylic acid groups (broad SMARTS) is 1. The van der Waals surface area contributed by atoms with Gasteiger partial charge in [-0.1, -0.05) is 38.5 Å². The van der Waals surface area contributed by atoms with Gasteiger partial charge in [-0.05, 0) is 30.5 Å². The minimum absolute atomic E-state index is 0.206. The van der Waals surface area contributed by atoms with Crippen LogP contribution in [0.5, 0.6) is 11.6 Å². The summed E-state index contributed by atoms with van der Waals surface area (Å²) in [6, 6.07) is 10.8. The van der Waals surface area contributed by atoms with Crippen molar-refractivity contribution in [3.63, 3.8) is 0 Å². The molecule has 0 saturated carbocycles. The summed E-state index contributed by atoms with van der Waals surface area (Å²) in [7, 11) is 0. The summed E-state index contributed by atoms with van der Waals surface area (Å²) in [4.78, 5) is 15.6. The molecule has 0 aliphatic rings. The lowest BCUT2D eigenvalue weighted by atomic mass is 10.1. The molecule has 0 atom stereocenters. The Hall–Kier alpha value is -2.36. The molecule has 4 nitrogen and oxygen atoms in total. The van der Waals surface area contributed by atoms with E-state index in [1.807, 2.05) is 38.1 Å². The lowest BCUT2D eigenvalue weighted by molar-refractivity contribution is 0.0696. The molecule has 0 amide bonds. The van der Waals surface area contributed by atoms with E-state index in [1.165, 1.54) is 6.07 Å². The molecule has 0 unspecified atom stereocenters. The molecule has 0 aliphatic carbocycles. The zero-order chi connectivity index (χ0) is 15.2. The maximum Gasteiger partial charge on any atom is 0.335 e. The van der Waals surface area contributed by atoms with Crippen LogP contribution in [0.4, 0.5) is 0 Å². The number of nitrogens with zero attached hydrogens (tertiary/aromatic N) is 1. The molecule has 1 aromatic carbocycles. The molecule has 0 radical (unpaired) electrons. The number of para-hydroxylation sites is 1. The molecular weight excluding hydrogens is 266 g/mol. The first-order valence-electron chi connectivity index (χ1n) is 7.14. The van der Waals surface area contributed by atoms with Crippen LogP contribution in [-0.4, -0.2) is 16.1 Å². The van der Waals surface area contributed by atoms with Crippen LogP contribution in [0.1, 0.15) is 41.9 Å². The van der Waals surface area contributed by atoms with Gasteiger partial charge in [0.1, 0.15) is 5.75 Å².